The summed E-state index contributed by atoms with van der Waals surface area (Å²) in [5.41, 5.74) is 3.33. The topological polar surface area (TPSA) is 69.8 Å². The van der Waals surface area contributed by atoms with Crippen LogP contribution in [0.15, 0.2) is 42.5 Å². The second-order valence-electron chi connectivity index (χ2n) is 9.57. The van der Waals surface area contributed by atoms with Crippen molar-refractivity contribution in [2.75, 3.05) is 10.6 Å². The Bertz CT molecular complexity index is 1430. The van der Waals surface area contributed by atoms with E-state index in [-0.39, 0.29) is 22.5 Å². The molecule has 2 heterocycles. The zero-order valence-electron chi connectivity index (χ0n) is 20.3. The number of rotatable bonds is 6. The van der Waals surface area contributed by atoms with Gasteiger partial charge in [0.15, 0.2) is 0 Å². The van der Waals surface area contributed by atoms with Gasteiger partial charge in [0, 0.05) is 4.88 Å². The molecule has 37 heavy (non-hydrogen) atoms. The zero-order chi connectivity index (χ0) is 26.3. The number of hydrogen-bond acceptors (Lipinski definition) is 4. The van der Waals surface area contributed by atoms with Crippen LogP contribution in [0.5, 0.6) is 0 Å². The molecule has 194 valence electrons. The molecule has 10 heteroatoms. The number of nitrogens with one attached hydrogen (secondary N) is 3. The molecule has 4 aromatic rings. The van der Waals surface area contributed by atoms with Gasteiger partial charge in [0.05, 0.1) is 32.9 Å². The van der Waals surface area contributed by atoms with E-state index in [9.17, 15) is 18.0 Å². The van der Waals surface area contributed by atoms with Crippen LogP contribution in [-0.4, -0.2) is 21.9 Å². The summed E-state index contributed by atoms with van der Waals surface area (Å²) in [5, 5.41) is 6.79. The predicted octanol–water partition coefficient (Wildman–Crippen LogP) is 7.92. The lowest BCUT2D eigenvalue weighted by Gasteiger charge is -2.23. The Kier molecular flexibility index (Phi) is 6.93. The van der Waals surface area contributed by atoms with Gasteiger partial charge in [-0.3, -0.25) is 4.79 Å². The monoisotopic (exact) mass is 546 g/mol. The molecular weight excluding hydrogens is 521 g/mol. The highest BCUT2D eigenvalue weighted by Gasteiger charge is 2.32. The number of carbonyl (C=O) groups excluding carboxylic acids is 1. The van der Waals surface area contributed by atoms with Crippen LogP contribution in [0.25, 0.3) is 22.4 Å². The number of aromatic amines is 1. The van der Waals surface area contributed by atoms with Crippen LogP contribution in [0, 0.1) is 5.92 Å². The molecule has 2 aromatic heterocycles. The predicted molar refractivity (Wildman–Crippen MR) is 143 cm³/mol. The average Bonchev–Trinajstić information content (AvgIpc) is 3.42. The van der Waals surface area contributed by atoms with Crippen molar-refractivity contribution in [3.05, 3.63) is 63.5 Å². The van der Waals surface area contributed by atoms with E-state index >= 15 is 0 Å². The Morgan fingerprint density at radius 2 is 1.89 bits per heavy atom. The molecule has 1 aliphatic rings. The lowest BCUT2D eigenvalue weighted by atomic mass is 9.95. The van der Waals surface area contributed by atoms with Gasteiger partial charge in [-0.05, 0) is 67.5 Å². The average molecular weight is 547 g/mol. The molecule has 5 nitrogen and oxygen atoms in total. The van der Waals surface area contributed by atoms with Crippen LogP contribution in [0.2, 0.25) is 5.02 Å². The van der Waals surface area contributed by atoms with Crippen LogP contribution >= 0.6 is 22.9 Å². The van der Waals surface area contributed by atoms with E-state index in [1.54, 1.807) is 11.3 Å². The number of carbonyl (C=O) groups is 1. The van der Waals surface area contributed by atoms with E-state index in [1.165, 1.54) is 16.5 Å². The van der Waals surface area contributed by atoms with Gasteiger partial charge in [-0.15, -0.1) is 11.3 Å². The van der Waals surface area contributed by atoms with Crippen molar-refractivity contribution in [3.63, 3.8) is 0 Å². The molecule has 3 N–H and O–H groups in total. The molecule has 1 unspecified atom stereocenters. The van der Waals surface area contributed by atoms with Gasteiger partial charge in [0.1, 0.15) is 16.9 Å². The number of para-hydroxylation sites is 2. The van der Waals surface area contributed by atoms with Gasteiger partial charge in [-0.25, -0.2) is 4.98 Å². The molecule has 5 rings (SSSR count). The summed E-state index contributed by atoms with van der Waals surface area (Å²) in [6.07, 6.45) is -0.449. The van der Waals surface area contributed by atoms with Crippen molar-refractivity contribution >= 4 is 50.6 Å². The Balaban J connectivity index is 1.46. The highest BCUT2D eigenvalue weighted by molar-refractivity contribution is 7.17. The van der Waals surface area contributed by atoms with Gasteiger partial charge in [-0.1, -0.05) is 37.6 Å². The fourth-order valence-electron chi connectivity index (χ4n) is 4.68. The van der Waals surface area contributed by atoms with Crippen LogP contribution in [0.4, 0.5) is 23.9 Å². The molecule has 0 aliphatic heterocycles. The first-order chi connectivity index (χ1) is 17.6. The highest BCUT2D eigenvalue weighted by atomic mass is 35.5. The third-order valence-corrected chi connectivity index (χ3v) is 8.11. The number of imidazole rings is 1. The van der Waals surface area contributed by atoms with Gasteiger partial charge in [-0.2, -0.15) is 13.2 Å². The molecule has 0 bridgehead atoms. The van der Waals surface area contributed by atoms with Crippen molar-refractivity contribution in [2.24, 2.45) is 5.92 Å². The van der Waals surface area contributed by atoms with Crippen molar-refractivity contribution in [1.82, 2.24) is 9.97 Å². The maximum Gasteiger partial charge on any atom is 0.416 e. The molecular formula is C27H26ClF3N4OS. The van der Waals surface area contributed by atoms with Crippen LogP contribution in [0.1, 0.15) is 42.7 Å². The van der Waals surface area contributed by atoms with E-state index in [0.717, 1.165) is 65.2 Å². The number of thiophene rings is 1. The number of H-pyrrole nitrogens is 1. The number of amides is 1. The fourth-order valence-corrected chi connectivity index (χ4v) is 6.21. The zero-order valence-corrected chi connectivity index (χ0v) is 21.9. The van der Waals surface area contributed by atoms with Crippen molar-refractivity contribution in [1.29, 1.82) is 0 Å². The SMILES string of the molecule is CC(C)C(Nc1ccc(C(F)(F)F)cc1Cl)C(=O)Nc1sc2c(c1-c1nc3ccccc3[nH]1)CCCC2. The van der Waals surface area contributed by atoms with Crippen LogP contribution in [-0.2, 0) is 23.8 Å². The normalized spacial score (nSPS) is 14.6. The third-order valence-electron chi connectivity index (χ3n) is 6.59. The van der Waals surface area contributed by atoms with E-state index in [1.807, 2.05) is 38.1 Å². The molecule has 0 spiro atoms. The Labute approximate surface area is 221 Å². The molecule has 0 saturated heterocycles. The minimum absolute atomic E-state index is 0.0946. The number of alkyl halides is 3. The first-order valence-electron chi connectivity index (χ1n) is 12.2. The second kappa shape index (κ2) is 10.0. The molecule has 1 aliphatic carbocycles. The maximum absolute atomic E-state index is 13.5. The number of aryl methyl sites for hydroxylation is 1. The largest absolute Gasteiger partial charge is 0.416 e. The van der Waals surface area contributed by atoms with Crippen molar-refractivity contribution < 1.29 is 18.0 Å². The molecule has 0 radical (unpaired) electrons. The molecule has 2 aromatic carbocycles. The number of fused-ring (bicyclic) bond motifs is 2. The Morgan fingerprint density at radius 3 is 2.59 bits per heavy atom. The Morgan fingerprint density at radius 1 is 1.14 bits per heavy atom. The van der Waals surface area contributed by atoms with E-state index < -0.39 is 17.8 Å². The van der Waals surface area contributed by atoms with E-state index in [2.05, 4.69) is 15.6 Å². The number of benzene rings is 2. The fraction of sp³-hybridized carbons (Fsp3) is 0.333. The van der Waals surface area contributed by atoms with Gasteiger partial charge < -0.3 is 15.6 Å². The molecule has 0 saturated carbocycles. The smallest absolute Gasteiger partial charge is 0.372 e. The standard InChI is InChI=1S/C27H26ClF3N4OS/c1-14(2)23(32-18-12-11-15(13-17(18)28)27(29,30)31)25(36)35-26-22(16-7-3-6-10-21(16)37-26)24-33-19-8-4-5-9-20(19)34-24/h4-5,8-9,11-14,23,32H,3,6-7,10H2,1-2H3,(H,33,34)(H,35,36). The van der Waals surface area contributed by atoms with Crippen LogP contribution < -0.4 is 10.6 Å². The van der Waals surface area contributed by atoms with Gasteiger partial charge in [0.25, 0.3) is 0 Å². The lowest BCUT2D eigenvalue weighted by Crippen LogP contribution is -2.38. The van der Waals surface area contributed by atoms with E-state index in [0.29, 0.717) is 0 Å². The summed E-state index contributed by atoms with van der Waals surface area (Å²) in [4.78, 5) is 23.0. The number of aromatic nitrogens is 2. The summed E-state index contributed by atoms with van der Waals surface area (Å²) in [5.74, 6) is 0.264. The highest BCUT2D eigenvalue weighted by Crippen LogP contribution is 2.44. The van der Waals surface area contributed by atoms with Gasteiger partial charge >= 0.3 is 6.18 Å². The summed E-state index contributed by atoms with van der Waals surface area (Å²) < 4.78 is 39.2. The van der Waals surface area contributed by atoms with Crippen molar-refractivity contribution in [2.45, 2.75) is 51.7 Å². The molecule has 0 fully saturated rings. The number of hydrogen-bond donors (Lipinski definition) is 3. The summed E-state index contributed by atoms with van der Waals surface area (Å²) in [6, 6.07) is 10.1. The first kappa shape index (κ1) is 25.6. The lowest BCUT2D eigenvalue weighted by molar-refractivity contribution is -0.137. The summed E-state index contributed by atoms with van der Waals surface area (Å²) in [7, 11) is 0. The van der Waals surface area contributed by atoms with Gasteiger partial charge in [0.2, 0.25) is 5.91 Å². The van der Waals surface area contributed by atoms with Crippen molar-refractivity contribution in [3.8, 4) is 11.4 Å². The molecule has 1 atom stereocenters. The second-order valence-corrected chi connectivity index (χ2v) is 11.1. The molecule has 1 amide bonds. The van der Waals surface area contributed by atoms with E-state index in [4.69, 9.17) is 16.6 Å². The third kappa shape index (κ3) is 5.20. The maximum atomic E-state index is 13.5. The number of nitrogens with zero attached hydrogens (tertiary/aromatic N) is 1. The minimum atomic E-state index is -4.50. The Hall–Kier alpha value is -3.04. The number of halogens is 4. The number of anilines is 2. The van der Waals surface area contributed by atoms with Crippen LogP contribution in [0.3, 0.4) is 0 Å². The summed E-state index contributed by atoms with van der Waals surface area (Å²) in [6.45, 7) is 3.74. The quantitative estimate of drug-likeness (QED) is 0.230. The first-order valence-corrected chi connectivity index (χ1v) is 13.3. The minimum Gasteiger partial charge on any atom is -0.372 e. The summed E-state index contributed by atoms with van der Waals surface area (Å²) >= 11 is 7.72.